The van der Waals surface area contributed by atoms with Crippen LogP contribution in [0.5, 0.6) is 11.5 Å². The van der Waals surface area contributed by atoms with Gasteiger partial charge in [0.2, 0.25) is 0 Å². The predicted octanol–water partition coefficient (Wildman–Crippen LogP) is 2.67. The van der Waals surface area contributed by atoms with Crippen LogP contribution in [0.15, 0.2) is 53.6 Å². The number of ether oxygens (including phenoxy) is 1. The van der Waals surface area contributed by atoms with Crippen LogP contribution >= 0.6 is 0 Å². The van der Waals surface area contributed by atoms with E-state index in [0.717, 1.165) is 18.2 Å². The van der Waals surface area contributed by atoms with E-state index < -0.39 is 33.2 Å². The fourth-order valence-corrected chi connectivity index (χ4v) is 3.19. The Kier molecular flexibility index (Phi) is 4.52. The van der Waals surface area contributed by atoms with E-state index in [9.17, 15) is 27.7 Å². The van der Waals surface area contributed by atoms with Gasteiger partial charge in [-0.25, -0.2) is 9.59 Å². The van der Waals surface area contributed by atoms with Gasteiger partial charge < -0.3 is 14.9 Å². The summed E-state index contributed by atoms with van der Waals surface area (Å²) < 4.78 is 37.9. The Hall–Kier alpha value is -3.50. The third kappa shape index (κ3) is 3.57. The Morgan fingerprint density at radius 2 is 1.67 bits per heavy atom. The third-order valence-corrected chi connectivity index (χ3v) is 4.56. The van der Waals surface area contributed by atoms with Gasteiger partial charge in [-0.2, -0.15) is 8.42 Å². The topological polar surface area (TPSA) is 151 Å². The highest BCUT2D eigenvalue weighted by molar-refractivity contribution is 7.86. The zero-order valence-electron chi connectivity index (χ0n) is 13.4. The Balaban J connectivity index is 2.12. The summed E-state index contributed by atoms with van der Waals surface area (Å²) in [4.78, 5) is 26.1. The van der Waals surface area contributed by atoms with Crippen molar-refractivity contribution in [3.8, 4) is 11.5 Å². The van der Waals surface area contributed by atoms with Crippen LogP contribution < -0.4 is 4.74 Å². The highest BCUT2D eigenvalue weighted by Gasteiger charge is 2.19. The Bertz CT molecular complexity index is 1190. The van der Waals surface area contributed by atoms with Crippen LogP contribution in [0.25, 0.3) is 10.9 Å². The number of carbonyl (C=O) groups is 2. The number of nitrogens with zero attached hydrogens (tertiary/aromatic N) is 1. The monoisotopic (exact) mass is 389 g/mol. The minimum atomic E-state index is -4.49. The fraction of sp³-hybridized carbons (Fsp3) is 0. The average molecular weight is 389 g/mol. The summed E-state index contributed by atoms with van der Waals surface area (Å²) in [7, 11) is -4.49. The predicted molar refractivity (Wildman–Crippen MR) is 92.0 cm³/mol. The maximum atomic E-state index is 11.5. The van der Waals surface area contributed by atoms with E-state index >= 15 is 0 Å². The van der Waals surface area contributed by atoms with E-state index in [1.54, 1.807) is 0 Å². The molecule has 1 heterocycles. The van der Waals surface area contributed by atoms with Crippen molar-refractivity contribution >= 4 is 33.0 Å². The van der Waals surface area contributed by atoms with Gasteiger partial charge in [-0.15, -0.1) is 0 Å². The Morgan fingerprint density at radius 3 is 2.30 bits per heavy atom. The molecule has 27 heavy (non-hydrogen) atoms. The van der Waals surface area contributed by atoms with Crippen molar-refractivity contribution in [3.05, 3.63) is 59.8 Å². The maximum Gasteiger partial charge on any atom is 0.336 e. The molecule has 3 aromatic rings. The number of hydrogen-bond acceptors (Lipinski definition) is 6. The molecule has 3 rings (SSSR count). The first kappa shape index (κ1) is 18.3. The summed E-state index contributed by atoms with van der Waals surface area (Å²) >= 11 is 0. The third-order valence-electron chi connectivity index (χ3n) is 3.65. The number of aromatic nitrogens is 1. The Morgan fingerprint density at radius 1 is 0.963 bits per heavy atom. The van der Waals surface area contributed by atoms with Gasteiger partial charge in [0.05, 0.1) is 11.1 Å². The molecule has 0 saturated heterocycles. The second-order valence-corrected chi connectivity index (χ2v) is 6.75. The molecule has 2 aromatic carbocycles. The summed E-state index contributed by atoms with van der Waals surface area (Å²) in [6, 6.07) is 8.67. The van der Waals surface area contributed by atoms with Gasteiger partial charge in [0.25, 0.3) is 10.1 Å². The van der Waals surface area contributed by atoms with Crippen LogP contribution in [0.2, 0.25) is 0 Å². The van der Waals surface area contributed by atoms with Crippen molar-refractivity contribution in [2.75, 3.05) is 0 Å². The Labute approximate surface area is 152 Å². The molecule has 10 heteroatoms. The molecule has 1 aromatic heterocycles. The largest absolute Gasteiger partial charge is 0.478 e. The number of benzene rings is 2. The highest BCUT2D eigenvalue weighted by atomic mass is 32.2. The standard InChI is InChI=1S/C17H11NO8S/c19-16(20)10-4-3-9(8-12(10)17(21)22)26-13-5-6-14(27(23,24)25)11-2-1-7-18-15(11)13/h1-8H,(H,19,20)(H,21,22)(H,23,24,25). The van der Waals surface area contributed by atoms with Gasteiger partial charge in [0, 0.05) is 11.6 Å². The minimum Gasteiger partial charge on any atom is -0.478 e. The van der Waals surface area contributed by atoms with Crippen LogP contribution in [0.3, 0.4) is 0 Å². The first-order valence-corrected chi connectivity index (χ1v) is 8.76. The summed E-state index contributed by atoms with van der Waals surface area (Å²) in [6.45, 7) is 0. The van der Waals surface area contributed by atoms with Crippen molar-refractivity contribution in [1.29, 1.82) is 0 Å². The SMILES string of the molecule is O=C(O)c1ccc(Oc2ccc(S(=O)(=O)O)c3cccnc23)cc1C(=O)O. The molecule has 0 aliphatic carbocycles. The number of carboxylic acid groups (broad SMARTS) is 2. The molecule has 0 amide bonds. The number of hydrogen-bond donors (Lipinski definition) is 3. The first-order chi connectivity index (χ1) is 12.7. The molecule has 0 radical (unpaired) electrons. The van der Waals surface area contributed by atoms with Crippen molar-refractivity contribution in [2.45, 2.75) is 4.90 Å². The van der Waals surface area contributed by atoms with E-state index in [1.165, 1.54) is 30.5 Å². The van der Waals surface area contributed by atoms with Crippen LogP contribution in [0.1, 0.15) is 20.7 Å². The smallest absolute Gasteiger partial charge is 0.336 e. The van der Waals surface area contributed by atoms with E-state index in [2.05, 4.69) is 4.98 Å². The van der Waals surface area contributed by atoms with Crippen molar-refractivity contribution in [3.63, 3.8) is 0 Å². The zero-order valence-corrected chi connectivity index (χ0v) is 14.2. The number of aromatic carboxylic acids is 2. The van der Waals surface area contributed by atoms with Crippen molar-refractivity contribution in [1.82, 2.24) is 4.98 Å². The quantitative estimate of drug-likeness (QED) is 0.559. The van der Waals surface area contributed by atoms with Crippen LogP contribution in [0, 0.1) is 0 Å². The molecule has 9 nitrogen and oxygen atoms in total. The number of fused-ring (bicyclic) bond motifs is 1. The van der Waals surface area contributed by atoms with Crippen molar-refractivity contribution in [2.24, 2.45) is 0 Å². The molecule has 0 unspecified atom stereocenters. The second-order valence-electron chi connectivity index (χ2n) is 5.36. The highest BCUT2D eigenvalue weighted by Crippen LogP contribution is 2.33. The normalized spacial score (nSPS) is 11.3. The lowest BCUT2D eigenvalue weighted by molar-refractivity contribution is 0.0651. The maximum absolute atomic E-state index is 11.5. The zero-order chi connectivity index (χ0) is 19.8. The molecule has 0 bridgehead atoms. The number of carboxylic acids is 2. The lowest BCUT2D eigenvalue weighted by Gasteiger charge is -2.11. The first-order valence-electron chi connectivity index (χ1n) is 7.32. The fourth-order valence-electron chi connectivity index (χ4n) is 2.51. The number of rotatable bonds is 5. The molecule has 0 fully saturated rings. The van der Waals surface area contributed by atoms with Gasteiger partial charge in [0.1, 0.15) is 16.2 Å². The van der Waals surface area contributed by atoms with Gasteiger partial charge in [-0.3, -0.25) is 9.54 Å². The summed E-state index contributed by atoms with van der Waals surface area (Å²) in [6.07, 6.45) is 1.39. The molecule has 0 atom stereocenters. The summed E-state index contributed by atoms with van der Waals surface area (Å²) in [5.41, 5.74) is -0.752. The van der Waals surface area contributed by atoms with E-state index in [0.29, 0.717) is 0 Å². The van der Waals surface area contributed by atoms with Crippen molar-refractivity contribution < 1.29 is 37.5 Å². The number of pyridine rings is 1. The molecule has 0 aliphatic rings. The second kappa shape index (κ2) is 6.67. The molecule has 0 saturated carbocycles. The lowest BCUT2D eigenvalue weighted by atomic mass is 10.1. The summed E-state index contributed by atoms with van der Waals surface area (Å²) in [5.74, 6) is -2.73. The molecule has 0 spiro atoms. The van der Waals surface area contributed by atoms with Gasteiger partial charge >= 0.3 is 11.9 Å². The minimum absolute atomic E-state index is 0.0176. The van der Waals surface area contributed by atoms with Crippen LogP contribution in [-0.2, 0) is 10.1 Å². The van der Waals surface area contributed by atoms with E-state index in [-0.39, 0.29) is 27.3 Å². The van der Waals surface area contributed by atoms with Crippen LogP contribution in [-0.4, -0.2) is 40.1 Å². The molecular weight excluding hydrogens is 378 g/mol. The lowest BCUT2D eigenvalue weighted by Crippen LogP contribution is -2.08. The molecular formula is C17H11NO8S. The molecule has 0 aliphatic heterocycles. The summed E-state index contributed by atoms with van der Waals surface area (Å²) in [5, 5.41) is 18.3. The van der Waals surface area contributed by atoms with Gasteiger partial charge in [0.15, 0.2) is 5.75 Å². The molecule has 3 N–H and O–H groups in total. The van der Waals surface area contributed by atoms with E-state index in [1.807, 2.05) is 0 Å². The van der Waals surface area contributed by atoms with Crippen LogP contribution in [0.4, 0.5) is 0 Å². The van der Waals surface area contributed by atoms with Gasteiger partial charge in [-0.1, -0.05) is 0 Å². The van der Waals surface area contributed by atoms with E-state index in [4.69, 9.17) is 9.84 Å². The van der Waals surface area contributed by atoms with Gasteiger partial charge in [-0.05, 0) is 42.5 Å². The molecule has 138 valence electrons. The average Bonchev–Trinajstić information content (AvgIpc) is 2.60.